The molecule has 0 bridgehead atoms. The summed E-state index contributed by atoms with van der Waals surface area (Å²) in [5.41, 5.74) is 4.86. The smallest absolute Gasteiger partial charge is 0.126 e. The van der Waals surface area contributed by atoms with Crippen LogP contribution in [0, 0.1) is 19.7 Å². The Labute approximate surface area is 131 Å². The Morgan fingerprint density at radius 3 is 2.55 bits per heavy atom. The average Bonchev–Trinajstić information content (AvgIpc) is 2.51. The van der Waals surface area contributed by atoms with E-state index in [-0.39, 0.29) is 5.82 Å². The fourth-order valence-electron chi connectivity index (χ4n) is 2.23. The van der Waals surface area contributed by atoms with Crippen LogP contribution in [0.2, 0.25) is 0 Å². The predicted octanol–water partition coefficient (Wildman–Crippen LogP) is 4.19. The maximum atomic E-state index is 13.8. The monoisotopic (exact) mass is 300 g/mol. The number of hydrogen-bond acceptors (Lipinski definition) is 2. The van der Waals surface area contributed by atoms with Crippen molar-refractivity contribution in [1.29, 1.82) is 0 Å². The van der Waals surface area contributed by atoms with Crippen LogP contribution in [0.5, 0.6) is 0 Å². The lowest BCUT2D eigenvalue weighted by Gasteiger charge is -2.12. The van der Waals surface area contributed by atoms with Gasteiger partial charge in [-0.15, -0.1) is 0 Å². The maximum Gasteiger partial charge on any atom is 0.126 e. The number of benzene rings is 2. The first-order valence-electron chi connectivity index (χ1n) is 7.16. The normalized spacial score (nSPS) is 11.1. The summed E-state index contributed by atoms with van der Waals surface area (Å²) in [5.74, 6) is -0.164. The Hall–Kier alpha value is -2.20. The topological polar surface area (TPSA) is 24.8 Å². The van der Waals surface area contributed by atoms with Crippen LogP contribution in [0.1, 0.15) is 22.3 Å². The summed E-state index contributed by atoms with van der Waals surface area (Å²) in [5, 5.41) is 1.53. The van der Waals surface area contributed by atoms with Crippen molar-refractivity contribution < 1.29 is 9.23 Å². The lowest BCUT2D eigenvalue weighted by Crippen LogP contribution is -2.13. The van der Waals surface area contributed by atoms with E-state index >= 15 is 0 Å². The summed E-state index contributed by atoms with van der Waals surface area (Å²) < 4.78 is 13.8. The molecule has 0 unspecified atom stereocenters. The van der Waals surface area contributed by atoms with Gasteiger partial charge in [0.05, 0.1) is 12.8 Å². The Balaban J connectivity index is 2.27. The van der Waals surface area contributed by atoms with Crippen LogP contribution in [-0.2, 0) is 11.3 Å². The van der Waals surface area contributed by atoms with E-state index in [1.807, 2.05) is 32.0 Å². The van der Waals surface area contributed by atoms with E-state index in [9.17, 15) is 4.39 Å². The number of halogens is 1. The van der Waals surface area contributed by atoms with E-state index in [0.717, 1.165) is 22.4 Å². The molecule has 0 amide bonds. The minimum Gasteiger partial charge on any atom is -0.276 e. The van der Waals surface area contributed by atoms with Gasteiger partial charge in [0.1, 0.15) is 12.2 Å². The van der Waals surface area contributed by atoms with Crippen molar-refractivity contribution >= 4 is 12.0 Å². The first-order chi connectivity index (χ1) is 10.5. The molecule has 22 heavy (non-hydrogen) atoms. The highest BCUT2D eigenvalue weighted by Gasteiger charge is 2.07. The van der Waals surface area contributed by atoms with Crippen molar-refractivity contribution in [2.75, 3.05) is 14.2 Å². The number of aliphatic imine (C=N–C) groups is 1. The minimum absolute atomic E-state index is 0.164. The molecule has 0 heterocycles. The van der Waals surface area contributed by atoms with Crippen LogP contribution in [-0.4, -0.2) is 25.6 Å². The van der Waals surface area contributed by atoms with Crippen molar-refractivity contribution in [3.63, 3.8) is 0 Å². The predicted molar refractivity (Wildman–Crippen MR) is 88.0 cm³/mol. The molecule has 0 N–H and O–H groups in total. The standard InChI is InChI=1S/C18H21FN2O/c1-13-10-18(20-12-21(3)22-4)14(2)9-16(13)11-15-7-5-6-8-17(15)19/h5-10,12H,11H2,1-4H3. The van der Waals surface area contributed by atoms with Gasteiger partial charge < -0.3 is 0 Å². The van der Waals surface area contributed by atoms with E-state index in [0.29, 0.717) is 12.0 Å². The quantitative estimate of drug-likeness (QED) is 0.470. The largest absolute Gasteiger partial charge is 0.276 e. The van der Waals surface area contributed by atoms with Crippen LogP contribution in [0.15, 0.2) is 41.4 Å². The zero-order valence-corrected chi connectivity index (χ0v) is 13.4. The Morgan fingerprint density at radius 1 is 1.14 bits per heavy atom. The second-order valence-electron chi connectivity index (χ2n) is 5.31. The number of hydroxylamine groups is 2. The van der Waals surface area contributed by atoms with Gasteiger partial charge in [-0.1, -0.05) is 24.3 Å². The van der Waals surface area contributed by atoms with E-state index < -0.39 is 0 Å². The molecule has 0 aromatic heterocycles. The summed E-state index contributed by atoms with van der Waals surface area (Å²) in [4.78, 5) is 9.41. The molecule has 0 spiro atoms. The summed E-state index contributed by atoms with van der Waals surface area (Å²) >= 11 is 0. The number of aryl methyl sites for hydroxylation is 2. The van der Waals surface area contributed by atoms with E-state index in [1.165, 1.54) is 11.1 Å². The van der Waals surface area contributed by atoms with Crippen molar-refractivity contribution in [2.24, 2.45) is 4.99 Å². The molecule has 2 aromatic carbocycles. The van der Waals surface area contributed by atoms with Crippen molar-refractivity contribution in [3.05, 3.63) is 64.5 Å². The first-order valence-corrected chi connectivity index (χ1v) is 7.16. The van der Waals surface area contributed by atoms with Gasteiger partial charge >= 0.3 is 0 Å². The minimum atomic E-state index is -0.164. The summed E-state index contributed by atoms with van der Waals surface area (Å²) in [7, 11) is 3.36. The third kappa shape index (κ3) is 3.92. The SMILES string of the molecule is CON(C)C=Nc1cc(C)c(Cc2ccccc2F)cc1C. The Kier molecular flexibility index (Phi) is 5.28. The molecule has 2 aromatic rings. The summed E-state index contributed by atoms with van der Waals surface area (Å²) in [6.07, 6.45) is 2.21. The Morgan fingerprint density at radius 2 is 1.86 bits per heavy atom. The molecule has 0 radical (unpaired) electrons. The average molecular weight is 300 g/mol. The molecule has 0 atom stereocenters. The number of hydrogen-bond donors (Lipinski definition) is 0. The highest BCUT2D eigenvalue weighted by Crippen LogP contribution is 2.25. The van der Waals surface area contributed by atoms with E-state index in [4.69, 9.17) is 4.84 Å². The third-order valence-electron chi connectivity index (χ3n) is 3.64. The van der Waals surface area contributed by atoms with Crippen LogP contribution < -0.4 is 0 Å². The molecule has 116 valence electrons. The highest BCUT2D eigenvalue weighted by molar-refractivity contribution is 5.63. The molecule has 4 heteroatoms. The van der Waals surface area contributed by atoms with Crippen molar-refractivity contribution in [2.45, 2.75) is 20.3 Å². The fourth-order valence-corrected chi connectivity index (χ4v) is 2.23. The molecule has 0 fully saturated rings. The molecule has 0 aliphatic rings. The van der Waals surface area contributed by atoms with E-state index in [2.05, 4.69) is 11.1 Å². The molecule has 0 aliphatic carbocycles. The van der Waals surface area contributed by atoms with Crippen molar-refractivity contribution in [3.8, 4) is 0 Å². The van der Waals surface area contributed by atoms with Crippen molar-refractivity contribution in [1.82, 2.24) is 5.06 Å². The van der Waals surface area contributed by atoms with Gasteiger partial charge in [0.25, 0.3) is 0 Å². The summed E-state index contributed by atoms with van der Waals surface area (Å²) in [6.45, 7) is 4.03. The van der Waals surface area contributed by atoms with Gasteiger partial charge in [-0.25, -0.2) is 14.4 Å². The van der Waals surface area contributed by atoms with Gasteiger partial charge in [-0.2, -0.15) is 0 Å². The molecule has 3 nitrogen and oxygen atoms in total. The maximum absolute atomic E-state index is 13.8. The second-order valence-corrected chi connectivity index (χ2v) is 5.31. The van der Waals surface area contributed by atoms with Gasteiger partial charge in [-0.3, -0.25) is 4.84 Å². The van der Waals surface area contributed by atoms with Crippen LogP contribution >= 0.6 is 0 Å². The van der Waals surface area contributed by atoms with Gasteiger partial charge in [0, 0.05) is 13.5 Å². The Bertz CT molecular complexity index is 683. The molecule has 0 saturated heterocycles. The summed E-state index contributed by atoms with van der Waals surface area (Å²) in [6, 6.07) is 11.0. The zero-order chi connectivity index (χ0) is 16.1. The highest BCUT2D eigenvalue weighted by atomic mass is 19.1. The molecule has 0 saturated carbocycles. The molecular weight excluding hydrogens is 279 g/mol. The second kappa shape index (κ2) is 7.18. The molecular formula is C18H21FN2O. The van der Waals surface area contributed by atoms with Crippen LogP contribution in [0.3, 0.4) is 0 Å². The number of rotatable bonds is 5. The van der Waals surface area contributed by atoms with Gasteiger partial charge in [0.15, 0.2) is 0 Å². The molecule has 2 rings (SSSR count). The zero-order valence-electron chi connectivity index (χ0n) is 13.4. The fraction of sp³-hybridized carbons (Fsp3) is 0.278. The van der Waals surface area contributed by atoms with E-state index in [1.54, 1.807) is 26.6 Å². The van der Waals surface area contributed by atoms with Crippen LogP contribution in [0.25, 0.3) is 0 Å². The van der Waals surface area contributed by atoms with Gasteiger partial charge in [0.2, 0.25) is 0 Å². The van der Waals surface area contributed by atoms with Crippen LogP contribution in [0.4, 0.5) is 10.1 Å². The lowest BCUT2D eigenvalue weighted by molar-refractivity contribution is -0.0363. The number of nitrogens with zero attached hydrogens (tertiary/aromatic N) is 2. The first kappa shape index (κ1) is 16.2. The third-order valence-corrected chi connectivity index (χ3v) is 3.64. The molecule has 0 aliphatic heterocycles. The lowest BCUT2D eigenvalue weighted by atomic mass is 9.97. The van der Waals surface area contributed by atoms with Gasteiger partial charge in [-0.05, 0) is 48.2 Å².